The zero-order chi connectivity index (χ0) is 8.04. The lowest BCUT2D eigenvalue weighted by atomic mass is 11.8. The Morgan fingerprint density at radius 1 is 1.60 bits per heavy atom. The Hall–Kier alpha value is 2.88. The quantitative estimate of drug-likeness (QED) is 0.336. The number of halogens is 1. The van der Waals surface area contributed by atoms with E-state index in [1.54, 1.807) is 0 Å². The molecule has 0 unspecified atom stereocenters. The van der Waals surface area contributed by atoms with E-state index in [1.807, 2.05) is 0 Å². The molecule has 62 valence electrons. The number of thiol groups is 1. The van der Waals surface area contributed by atoms with Crippen molar-refractivity contribution in [1.29, 1.82) is 0 Å². The first-order valence-corrected chi connectivity index (χ1v) is 11.7. The van der Waals surface area contributed by atoms with E-state index in [0.717, 1.165) is 0 Å². The average molecular weight is 382 g/mol. The van der Waals surface area contributed by atoms with Crippen LogP contribution in [0.25, 0.3) is 0 Å². The first-order chi connectivity index (χ1) is 4.62. The Bertz CT molecular complexity index is 160. The van der Waals surface area contributed by atoms with Crippen LogP contribution in [-0.4, -0.2) is 4.61 Å². The Morgan fingerprint density at radius 2 is 2.20 bits per heavy atom. The van der Waals surface area contributed by atoms with E-state index in [2.05, 4.69) is 34.3 Å². The molecule has 0 fully saturated rings. The highest BCUT2D eigenvalue weighted by Crippen LogP contribution is 2.41. The highest BCUT2D eigenvalue weighted by atomic mass is 127. The molecule has 10 heavy (non-hydrogen) atoms. The van der Waals surface area contributed by atoms with Gasteiger partial charge in [0.15, 0.2) is 0 Å². The summed E-state index contributed by atoms with van der Waals surface area (Å²) in [6, 6.07) is 0. The molecule has 0 aliphatic carbocycles. The fourth-order valence-electron chi connectivity index (χ4n) is 0.121. The molecular formula is CH3IOS7. The smallest absolute Gasteiger partial charge is 0.114 e. The fraction of sp³-hybridized carbons (Fsp3) is 1.00. The summed E-state index contributed by atoms with van der Waals surface area (Å²) >= 11 is 16.0. The van der Waals surface area contributed by atoms with E-state index < -0.39 is 6.46 Å². The van der Waals surface area contributed by atoms with Crippen LogP contribution in [-0.2, 0) is 33.0 Å². The summed E-state index contributed by atoms with van der Waals surface area (Å²) in [6.07, 6.45) is 0. The Kier molecular flexibility index (Phi) is 9.40. The number of hydrogen-bond acceptors (Lipinski definition) is 7. The van der Waals surface area contributed by atoms with Crippen molar-refractivity contribution in [3.63, 3.8) is 0 Å². The van der Waals surface area contributed by atoms with Gasteiger partial charge in [0, 0.05) is 19.7 Å². The molecule has 9 heteroatoms. The molecule has 0 saturated heterocycles. The lowest BCUT2D eigenvalue weighted by molar-refractivity contribution is 0.479. The van der Waals surface area contributed by atoms with Gasteiger partial charge in [-0.1, -0.05) is 34.3 Å². The molecule has 0 bridgehead atoms. The van der Waals surface area contributed by atoms with Gasteiger partial charge in [0.1, 0.15) is 4.61 Å². The van der Waals surface area contributed by atoms with Crippen molar-refractivity contribution in [2.75, 3.05) is 4.61 Å². The van der Waals surface area contributed by atoms with Gasteiger partial charge in [-0.15, -0.1) is 0 Å². The van der Waals surface area contributed by atoms with Gasteiger partial charge in [0.25, 0.3) is 0 Å². The van der Waals surface area contributed by atoms with Gasteiger partial charge >= 0.3 is 0 Å². The third kappa shape index (κ3) is 7.53. The maximum atomic E-state index is 5.13. The molecule has 0 radical (unpaired) electrons. The molecule has 0 heterocycles. The Balaban J connectivity index is 3.65. The molecule has 0 atom stereocenters. The van der Waals surface area contributed by atoms with E-state index in [-0.39, 0.29) is 0 Å². The van der Waals surface area contributed by atoms with E-state index in [0.29, 0.717) is 4.61 Å². The minimum Gasteiger partial charge on any atom is -0.291 e. The van der Waals surface area contributed by atoms with Crippen LogP contribution in [0.3, 0.4) is 0 Å². The van der Waals surface area contributed by atoms with Crippen LogP contribution < -0.4 is 0 Å². The van der Waals surface area contributed by atoms with Crippen molar-refractivity contribution in [2.24, 2.45) is 0 Å². The van der Waals surface area contributed by atoms with Crippen LogP contribution in [0.2, 0.25) is 0 Å². The van der Waals surface area contributed by atoms with Crippen molar-refractivity contribution in [2.45, 2.75) is 0 Å². The minimum atomic E-state index is -1.72. The SMILES string of the molecule is S=S(=S)(OCI)SSSS. The molecule has 1 nitrogen and oxygen atoms in total. The van der Waals surface area contributed by atoms with Crippen LogP contribution in [0.4, 0.5) is 0 Å². The minimum absolute atomic E-state index is 0.560. The molecule has 0 aromatic carbocycles. The molecule has 0 amide bonds. The van der Waals surface area contributed by atoms with Gasteiger partial charge in [-0.05, 0) is 32.2 Å². The maximum absolute atomic E-state index is 5.13. The standard InChI is InChI=1S/CH3IOS7/c2-1-3-10(5,6)9-8-7-4/h4H,1H2. The van der Waals surface area contributed by atoms with Crippen LogP contribution in [0.1, 0.15) is 0 Å². The average Bonchev–Trinajstić information content (AvgIpc) is 1.84. The zero-order valence-corrected chi connectivity index (χ0v) is 12.3. The van der Waals surface area contributed by atoms with Gasteiger partial charge in [0.05, 0.1) is 6.46 Å². The lowest BCUT2D eigenvalue weighted by Gasteiger charge is -2.04. The van der Waals surface area contributed by atoms with Crippen molar-refractivity contribution in [3.8, 4) is 0 Å². The first kappa shape index (κ1) is 12.9. The van der Waals surface area contributed by atoms with Crippen LogP contribution >= 0.6 is 63.7 Å². The molecule has 0 aliphatic rings. The second kappa shape index (κ2) is 7.30. The lowest BCUT2D eigenvalue weighted by Crippen LogP contribution is -1.91. The molecule has 0 aromatic heterocycles. The van der Waals surface area contributed by atoms with Gasteiger partial charge < -0.3 is 0 Å². The monoisotopic (exact) mass is 382 g/mol. The molecular weight excluding hydrogens is 379 g/mol. The summed E-state index contributed by atoms with van der Waals surface area (Å²) in [5.74, 6) is 0. The molecule has 0 N–H and O–H groups in total. The Labute approximate surface area is 99.7 Å². The predicted molar refractivity (Wildman–Crippen MR) is 73.8 cm³/mol. The van der Waals surface area contributed by atoms with E-state index in [4.69, 9.17) is 26.6 Å². The van der Waals surface area contributed by atoms with Gasteiger partial charge in [-0.3, -0.25) is 4.18 Å². The molecule has 0 aliphatic heterocycles. The van der Waals surface area contributed by atoms with Gasteiger partial charge in [0.2, 0.25) is 0 Å². The largest absolute Gasteiger partial charge is 0.291 e. The number of hydrogen-bond donors (Lipinski definition) is 1. The normalized spacial score (nSPS) is 11.8. The molecule has 0 rings (SSSR count). The second-order valence-corrected chi connectivity index (χ2v) is 14.1. The topological polar surface area (TPSA) is 9.23 Å². The fourth-order valence-corrected chi connectivity index (χ4v) is 13.3. The molecule has 0 spiro atoms. The maximum Gasteiger partial charge on any atom is 0.114 e. The highest BCUT2D eigenvalue weighted by Gasteiger charge is 2.01. The predicted octanol–water partition coefficient (Wildman–Crippen LogP) is 3.18. The third-order valence-corrected chi connectivity index (χ3v) is 12.2. The van der Waals surface area contributed by atoms with E-state index in [9.17, 15) is 0 Å². The Morgan fingerprint density at radius 3 is 2.60 bits per heavy atom. The summed E-state index contributed by atoms with van der Waals surface area (Å²) in [4.78, 5) is 0. The second-order valence-electron chi connectivity index (χ2n) is 0.846. The summed E-state index contributed by atoms with van der Waals surface area (Å²) in [5, 5.41) is 0. The van der Waals surface area contributed by atoms with Crippen molar-refractivity contribution in [1.82, 2.24) is 0 Å². The van der Waals surface area contributed by atoms with Crippen molar-refractivity contribution >= 4 is 92.6 Å². The third-order valence-electron chi connectivity index (χ3n) is 0.330. The summed E-state index contributed by atoms with van der Waals surface area (Å²) < 4.78 is 5.69. The van der Waals surface area contributed by atoms with Crippen LogP contribution in [0, 0.1) is 0 Å². The summed E-state index contributed by atoms with van der Waals surface area (Å²) in [6.45, 7) is -1.72. The summed E-state index contributed by atoms with van der Waals surface area (Å²) in [5.41, 5.74) is 0. The van der Waals surface area contributed by atoms with Crippen molar-refractivity contribution in [3.05, 3.63) is 0 Å². The zero-order valence-electron chi connectivity index (χ0n) is 4.39. The first-order valence-electron chi connectivity index (χ1n) is 1.74. The van der Waals surface area contributed by atoms with Gasteiger partial charge in [-0.25, -0.2) is 0 Å². The van der Waals surface area contributed by atoms with E-state index >= 15 is 0 Å². The van der Waals surface area contributed by atoms with Crippen molar-refractivity contribution < 1.29 is 4.18 Å². The van der Waals surface area contributed by atoms with Crippen LogP contribution in [0.5, 0.6) is 0 Å². The molecule has 0 aromatic rings. The molecule has 0 saturated carbocycles. The van der Waals surface area contributed by atoms with Gasteiger partial charge in [-0.2, -0.15) is 0 Å². The highest BCUT2D eigenvalue weighted by molar-refractivity contribution is 14.1. The summed E-state index contributed by atoms with van der Waals surface area (Å²) in [7, 11) is 4.18. The van der Waals surface area contributed by atoms with E-state index in [1.165, 1.54) is 29.5 Å². The number of alkyl halides is 1. The number of rotatable bonds is 5. The van der Waals surface area contributed by atoms with Crippen LogP contribution in [0.15, 0.2) is 0 Å².